The second-order valence-corrected chi connectivity index (χ2v) is 8.91. The summed E-state index contributed by atoms with van der Waals surface area (Å²) in [4.78, 5) is 24.6. The Bertz CT molecular complexity index is 803. The van der Waals surface area contributed by atoms with Crippen molar-refractivity contribution in [2.75, 3.05) is 0 Å². The number of benzene rings is 2. The number of hydrogen-bond acceptors (Lipinski definition) is 3. The van der Waals surface area contributed by atoms with Crippen LogP contribution in [0, 0.1) is 11.8 Å². The van der Waals surface area contributed by atoms with Crippen molar-refractivity contribution >= 4 is 11.9 Å². The number of ether oxygens (including phenoxy) is 1. The monoisotopic (exact) mass is 410 g/mol. The molecule has 0 spiro atoms. The van der Waals surface area contributed by atoms with Gasteiger partial charge in [0.1, 0.15) is 5.60 Å². The Hall–Kier alpha value is -2.62. The van der Waals surface area contributed by atoms with E-state index in [1.165, 1.54) is 0 Å². The second kappa shape index (κ2) is 11.0. The minimum atomic E-state index is -0.868. The standard InChI is InChI=1S/C26H34O4/c1-5-6-10-22(25(29)30-26(2,3)4)18-23(24(27)28)17-19-13-15-21(16-14-19)20-11-8-7-9-12-20/h7-9,11-16,22-23H,5-6,10,17-18H2,1-4H3,(H,27,28)/t22-,23-/m1/s1. The van der Waals surface area contributed by atoms with E-state index in [4.69, 9.17) is 4.74 Å². The SMILES string of the molecule is CCCC[C@H](C[C@@H](Cc1ccc(-c2ccccc2)cc1)C(=O)O)C(=O)OC(C)(C)C. The number of esters is 1. The molecular formula is C26H34O4. The highest BCUT2D eigenvalue weighted by Crippen LogP contribution is 2.26. The van der Waals surface area contributed by atoms with Gasteiger partial charge in [-0.1, -0.05) is 74.4 Å². The van der Waals surface area contributed by atoms with Gasteiger partial charge in [-0.15, -0.1) is 0 Å². The second-order valence-electron chi connectivity index (χ2n) is 8.91. The first kappa shape index (κ1) is 23.7. The van der Waals surface area contributed by atoms with Crippen LogP contribution in [0.2, 0.25) is 0 Å². The fourth-order valence-corrected chi connectivity index (χ4v) is 3.53. The highest BCUT2D eigenvalue weighted by atomic mass is 16.6. The van der Waals surface area contributed by atoms with E-state index in [1.54, 1.807) is 0 Å². The lowest BCUT2D eigenvalue weighted by Crippen LogP contribution is -2.31. The highest BCUT2D eigenvalue weighted by molar-refractivity contribution is 5.75. The maximum Gasteiger partial charge on any atom is 0.309 e. The molecule has 162 valence electrons. The third-order valence-corrected chi connectivity index (χ3v) is 5.11. The summed E-state index contributed by atoms with van der Waals surface area (Å²) in [6.07, 6.45) is 3.18. The molecule has 4 nitrogen and oxygen atoms in total. The van der Waals surface area contributed by atoms with E-state index in [9.17, 15) is 14.7 Å². The lowest BCUT2D eigenvalue weighted by molar-refractivity contribution is -0.161. The van der Waals surface area contributed by atoms with Gasteiger partial charge in [-0.2, -0.15) is 0 Å². The molecule has 0 saturated carbocycles. The van der Waals surface area contributed by atoms with Crippen molar-refractivity contribution in [1.29, 1.82) is 0 Å². The molecule has 0 unspecified atom stereocenters. The number of carbonyl (C=O) groups is 2. The topological polar surface area (TPSA) is 63.6 Å². The van der Waals surface area contributed by atoms with Gasteiger partial charge in [-0.25, -0.2) is 0 Å². The molecule has 0 aliphatic carbocycles. The Morgan fingerprint density at radius 1 is 0.933 bits per heavy atom. The van der Waals surface area contributed by atoms with E-state index in [-0.39, 0.29) is 5.97 Å². The number of carbonyl (C=O) groups excluding carboxylic acids is 1. The van der Waals surface area contributed by atoms with Crippen molar-refractivity contribution in [2.24, 2.45) is 11.8 Å². The predicted octanol–water partition coefficient (Wildman–Crippen LogP) is 6.14. The molecule has 2 atom stereocenters. The molecule has 4 heteroatoms. The van der Waals surface area contributed by atoms with Crippen LogP contribution in [0.25, 0.3) is 11.1 Å². The Kier molecular flexibility index (Phi) is 8.64. The van der Waals surface area contributed by atoms with E-state index < -0.39 is 23.4 Å². The lowest BCUT2D eigenvalue weighted by Gasteiger charge is -2.25. The van der Waals surface area contributed by atoms with Gasteiger partial charge in [-0.05, 0) is 56.7 Å². The molecule has 0 aliphatic rings. The van der Waals surface area contributed by atoms with E-state index in [1.807, 2.05) is 75.4 Å². The maximum atomic E-state index is 12.7. The molecule has 30 heavy (non-hydrogen) atoms. The highest BCUT2D eigenvalue weighted by Gasteiger charge is 2.30. The van der Waals surface area contributed by atoms with Crippen LogP contribution in [0.3, 0.4) is 0 Å². The molecule has 0 radical (unpaired) electrons. The summed E-state index contributed by atoms with van der Waals surface area (Å²) in [6, 6.07) is 18.1. The van der Waals surface area contributed by atoms with Crippen molar-refractivity contribution in [3.8, 4) is 11.1 Å². The minimum absolute atomic E-state index is 0.290. The third kappa shape index (κ3) is 7.66. The fourth-order valence-electron chi connectivity index (χ4n) is 3.53. The normalized spacial score (nSPS) is 13.5. The van der Waals surface area contributed by atoms with Crippen LogP contribution in [0.15, 0.2) is 54.6 Å². The zero-order valence-electron chi connectivity index (χ0n) is 18.6. The molecule has 0 bridgehead atoms. The predicted molar refractivity (Wildman–Crippen MR) is 120 cm³/mol. The van der Waals surface area contributed by atoms with Gasteiger partial charge in [0.05, 0.1) is 11.8 Å². The third-order valence-electron chi connectivity index (χ3n) is 5.11. The van der Waals surface area contributed by atoms with Crippen molar-refractivity contribution in [1.82, 2.24) is 0 Å². The minimum Gasteiger partial charge on any atom is -0.481 e. The van der Waals surface area contributed by atoms with Gasteiger partial charge in [0.25, 0.3) is 0 Å². The van der Waals surface area contributed by atoms with Crippen LogP contribution in [0.4, 0.5) is 0 Å². The van der Waals surface area contributed by atoms with Crippen LogP contribution in [0.1, 0.15) is 58.9 Å². The van der Waals surface area contributed by atoms with E-state index in [2.05, 4.69) is 6.92 Å². The molecule has 1 N–H and O–H groups in total. The molecule has 2 rings (SSSR count). The number of carboxylic acids is 1. The van der Waals surface area contributed by atoms with Crippen LogP contribution < -0.4 is 0 Å². The summed E-state index contributed by atoms with van der Waals surface area (Å²) in [5.41, 5.74) is 2.61. The Balaban J connectivity index is 2.11. The maximum absolute atomic E-state index is 12.7. The number of hydrogen-bond donors (Lipinski definition) is 1. The molecule has 2 aromatic carbocycles. The summed E-state index contributed by atoms with van der Waals surface area (Å²) in [5, 5.41) is 9.80. The van der Waals surface area contributed by atoms with Crippen LogP contribution >= 0.6 is 0 Å². The number of carboxylic acid groups (broad SMARTS) is 1. The average Bonchev–Trinajstić information content (AvgIpc) is 2.70. The molecule has 0 fully saturated rings. The van der Waals surface area contributed by atoms with Gasteiger partial charge < -0.3 is 9.84 Å². The Morgan fingerprint density at radius 2 is 1.53 bits per heavy atom. The lowest BCUT2D eigenvalue weighted by atomic mass is 9.86. The molecule has 0 aliphatic heterocycles. The number of aliphatic carboxylic acids is 1. The molecule has 2 aromatic rings. The molecule has 0 aromatic heterocycles. The van der Waals surface area contributed by atoms with Crippen LogP contribution in [0.5, 0.6) is 0 Å². The number of unbranched alkanes of at least 4 members (excludes halogenated alkanes) is 1. The van der Waals surface area contributed by atoms with Crippen LogP contribution in [-0.4, -0.2) is 22.6 Å². The molecule has 0 heterocycles. The zero-order valence-corrected chi connectivity index (χ0v) is 18.6. The zero-order chi connectivity index (χ0) is 22.1. The summed E-state index contributed by atoms with van der Waals surface area (Å²) < 4.78 is 5.56. The quantitative estimate of drug-likeness (QED) is 0.478. The van der Waals surface area contributed by atoms with Gasteiger partial charge in [0, 0.05) is 0 Å². The van der Waals surface area contributed by atoms with Crippen molar-refractivity contribution < 1.29 is 19.4 Å². The first-order valence-electron chi connectivity index (χ1n) is 10.8. The summed E-state index contributed by atoms with van der Waals surface area (Å²) >= 11 is 0. The van der Waals surface area contributed by atoms with Crippen LogP contribution in [-0.2, 0) is 20.7 Å². The average molecular weight is 411 g/mol. The summed E-state index contributed by atoms with van der Waals surface area (Å²) in [5.74, 6) is -2.18. The van der Waals surface area contributed by atoms with Crippen molar-refractivity contribution in [3.63, 3.8) is 0 Å². The number of rotatable bonds is 10. The first-order valence-corrected chi connectivity index (χ1v) is 10.8. The molecular weight excluding hydrogens is 376 g/mol. The van der Waals surface area contributed by atoms with E-state index >= 15 is 0 Å². The van der Waals surface area contributed by atoms with Gasteiger partial charge in [0.15, 0.2) is 0 Å². The van der Waals surface area contributed by atoms with E-state index in [0.717, 1.165) is 29.5 Å². The van der Waals surface area contributed by atoms with Gasteiger partial charge >= 0.3 is 11.9 Å². The largest absolute Gasteiger partial charge is 0.481 e. The first-order chi connectivity index (χ1) is 14.2. The van der Waals surface area contributed by atoms with Gasteiger partial charge in [-0.3, -0.25) is 9.59 Å². The van der Waals surface area contributed by atoms with Crippen molar-refractivity contribution in [2.45, 2.75) is 65.4 Å². The van der Waals surface area contributed by atoms with Crippen molar-refractivity contribution in [3.05, 3.63) is 60.2 Å². The Morgan fingerprint density at radius 3 is 2.07 bits per heavy atom. The Labute approximate surface area is 180 Å². The molecule has 0 amide bonds. The molecule has 0 saturated heterocycles. The fraction of sp³-hybridized carbons (Fsp3) is 0.462. The van der Waals surface area contributed by atoms with Gasteiger partial charge in [0.2, 0.25) is 0 Å². The summed E-state index contributed by atoms with van der Waals surface area (Å²) in [6.45, 7) is 7.58. The smallest absolute Gasteiger partial charge is 0.309 e. The van der Waals surface area contributed by atoms with E-state index in [0.29, 0.717) is 19.3 Å². The summed E-state index contributed by atoms with van der Waals surface area (Å²) in [7, 11) is 0.